The fourth-order valence-electron chi connectivity index (χ4n) is 1.48. The van der Waals surface area contributed by atoms with Crippen molar-refractivity contribution in [3.05, 3.63) is 0 Å². The molecule has 0 aromatic heterocycles. The standard InChI is InChI=1S/C7H10O3/c1-7-6(8)4-5(10-7)2-3-9-7/h5H,2-4H2,1H3/t5-,7-/m1/s1. The average molecular weight is 142 g/mol. The van der Waals surface area contributed by atoms with Crippen LogP contribution in [0.5, 0.6) is 0 Å². The average Bonchev–Trinajstić information content (AvgIpc) is 2.04. The Hall–Kier alpha value is -0.410. The smallest absolute Gasteiger partial charge is 0.226 e. The molecule has 2 aliphatic rings. The third kappa shape index (κ3) is 0.707. The number of carbonyl (C=O) groups is 1. The lowest BCUT2D eigenvalue weighted by atomic mass is 10.1. The van der Waals surface area contributed by atoms with Crippen molar-refractivity contribution in [2.75, 3.05) is 6.61 Å². The van der Waals surface area contributed by atoms with Crippen molar-refractivity contribution in [1.82, 2.24) is 0 Å². The second kappa shape index (κ2) is 1.80. The summed E-state index contributed by atoms with van der Waals surface area (Å²) in [5.41, 5.74) is 0. The maximum absolute atomic E-state index is 11.1. The van der Waals surface area contributed by atoms with Crippen LogP contribution in [0.25, 0.3) is 0 Å². The number of hydrogen-bond donors (Lipinski definition) is 0. The number of carbonyl (C=O) groups excluding carboxylic acids is 1. The first-order chi connectivity index (χ1) is 4.71. The molecule has 10 heavy (non-hydrogen) atoms. The van der Waals surface area contributed by atoms with E-state index in [2.05, 4.69) is 0 Å². The number of ketones is 1. The van der Waals surface area contributed by atoms with Crippen molar-refractivity contribution in [3.8, 4) is 0 Å². The van der Waals surface area contributed by atoms with Gasteiger partial charge < -0.3 is 9.47 Å². The molecule has 2 heterocycles. The minimum Gasteiger partial charge on any atom is -0.344 e. The Morgan fingerprint density at radius 2 is 2.50 bits per heavy atom. The number of ether oxygens (including phenoxy) is 2. The summed E-state index contributed by atoms with van der Waals surface area (Å²) in [6.45, 7) is 2.36. The first-order valence-electron chi connectivity index (χ1n) is 3.56. The molecule has 0 spiro atoms. The van der Waals surface area contributed by atoms with Crippen LogP contribution in [0.15, 0.2) is 0 Å². The third-order valence-electron chi connectivity index (χ3n) is 2.13. The van der Waals surface area contributed by atoms with Crippen LogP contribution in [-0.2, 0) is 14.3 Å². The molecule has 56 valence electrons. The molecule has 2 bridgehead atoms. The minimum atomic E-state index is -0.886. The van der Waals surface area contributed by atoms with Crippen LogP contribution >= 0.6 is 0 Å². The highest BCUT2D eigenvalue weighted by Gasteiger charge is 2.48. The normalized spacial score (nSPS) is 46.1. The lowest BCUT2D eigenvalue weighted by Gasteiger charge is -2.27. The maximum atomic E-state index is 11.1. The van der Waals surface area contributed by atoms with E-state index in [1.165, 1.54) is 0 Å². The van der Waals surface area contributed by atoms with Gasteiger partial charge >= 0.3 is 0 Å². The number of rotatable bonds is 0. The molecule has 0 aliphatic carbocycles. The molecule has 0 aromatic rings. The first kappa shape index (κ1) is 6.31. The van der Waals surface area contributed by atoms with Gasteiger partial charge in [-0.15, -0.1) is 0 Å². The summed E-state index contributed by atoms with van der Waals surface area (Å²) in [5, 5.41) is 0. The van der Waals surface area contributed by atoms with Gasteiger partial charge in [0.1, 0.15) is 0 Å². The third-order valence-corrected chi connectivity index (χ3v) is 2.13. The lowest BCUT2D eigenvalue weighted by molar-refractivity contribution is -0.239. The van der Waals surface area contributed by atoms with E-state index in [1.807, 2.05) is 0 Å². The van der Waals surface area contributed by atoms with E-state index in [1.54, 1.807) is 6.92 Å². The van der Waals surface area contributed by atoms with Crippen LogP contribution in [-0.4, -0.2) is 24.3 Å². The van der Waals surface area contributed by atoms with Crippen LogP contribution in [0, 0.1) is 0 Å². The second-order valence-corrected chi connectivity index (χ2v) is 2.95. The van der Waals surface area contributed by atoms with Crippen molar-refractivity contribution < 1.29 is 14.3 Å². The van der Waals surface area contributed by atoms with E-state index in [9.17, 15) is 4.79 Å². The molecule has 0 radical (unpaired) electrons. The molecule has 0 saturated carbocycles. The van der Waals surface area contributed by atoms with Gasteiger partial charge in [0.25, 0.3) is 0 Å². The van der Waals surface area contributed by atoms with Crippen LogP contribution in [0.3, 0.4) is 0 Å². The Balaban J connectivity index is 2.26. The molecule has 0 amide bonds. The molecule has 2 saturated heterocycles. The Labute approximate surface area is 59.3 Å². The maximum Gasteiger partial charge on any atom is 0.226 e. The van der Waals surface area contributed by atoms with Crippen molar-refractivity contribution in [1.29, 1.82) is 0 Å². The van der Waals surface area contributed by atoms with E-state index >= 15 is 0 Å². The molecule has 0 N–H and O–H groups in total. The largest absolute Gasteiger partial charge is 0.344 e. The zero-order chi connectivity index (χ0) is 7.19. The highest BCUT2D eigenvalue weighted by atomic mass is 16.7. The lowest BCUT2D eigenvalue weighted by Crippen LogP contribution is -2.39. The molecule has 2 rings (SSSR count). The van der Waals surface area contributed by atoms with E-state index in [0.717, 1.165) is 6.42 Å². The second-order valence-electron chi connectivity index (χ2n) is 2.95. The van der Waals surface area contributed by atoms with Crippen molar-refractivity contribution in [2.24, 2.45) is 0 Å². The van der Waals surface area contributed by atoms with Crippen molar-refractivity contribution in [2.45, 2.75) is 31.7 Å². The first-order valence-corrected chi connectivity index (χ1v) is 3.56. The number of fused-ring (bicyclic) bond motifs is 2. The van der Waals surface area contributed by atoms with Gasteiger partial charge in [-0.3, -0.25) is 4.79 Å². The zero-order valence-electron chi connectivity index (χ0n) is 5.92. The van der Waals surface area contributed by atoms with Gasteiger partial charge in [0.2, 0.25) is 5.79 Å². The molecule has 2 atom stereocenters. The summed E-state index contributed by atoms with van der Waals surface area (Å²) in [6, 6.07) is 0. The van der Waals surface area contributed by atoms with Crippen molar-refractivity contribution in [3.63, 3.8) is 0 Å². The van der Waals surface area contributed by atoms with Gasteiger partial charge in [0, 0.05) is 6.42 Å². The Morgan fingerprint density at radius 1 is 1.70 bits per heavy atom. The van der Waals surface area contributed by atoms with Gasteiger partial charge in [0.15, 0.2) is 5.78 Å². The van der Waals surface area contributed by atoms with Crippen LogP contribution < -0.4 is 0 Å². The molecule has 3 nitrogen and oxygen atoms in total. The molecule has 0 unspecified atom stereocenters. The summed E-state index contributed by atoms with van der Waals surface area (Å²) in [6.07, 6.45) is 1.53. The minimum absolute atomic E-state index is 0.0926. The number of hydrogen-bond acceptors (Lipinski definition) is 3. The molecule has 2 fully saturated rings. The number of Topliss-reactive ketones (excluding diaryl/α,β-unsaturated/α-hetero) is 1. The highest BCUT2D eigenvalue weighted by molar-refractivity contribution is 5.87. The van der Waals surface area contributed by atoms with Crippen LogP contribution in [0.4, 0.5) is 0 Å². The van der Waals surface area contributed by atoms with Crippen LogP contribution in [0.1, 0.15) is 19.8 Å². The van der Waals surface area contributed by atoms with Crippen molar-refractivity contribution >= 4 is 5.78 Å². The zero-order valence-corrected chi connectivity index (χ0v) is 5.92. The highest BCUT2D eigenvalue weighted by Crippen LogP contribution is 2.33. The predicted octanol–water partition coefficient (Wildman–Crippen LogP) is 0.481. The fourth-order valence-corrected chi connectivity index (χ4v) is 1.48. The molecular weight excluding hydrogens is 132 g/mol. The Bertz CT molecular complexity index is 178. The molecule has 0 aromatic carbocycles. The van der Waals surface area contributed by atoms with E-state index in [4.69, 9.17) is 9.47 Å². The van der Waals surface area contributed by atoms with Gasteiger partial charge in [-0.05, 0) is 13.3 Å². The summed E-state index contributed by atoms with van der Waals surface area (Å²) in [7, 11) is 0. The van der Waals surface area contributed by atoms with E-state index in [0.29, 0.717) is 13.0 Å². The van der Waals surface area contributed by atoms with Crippen LogP contribution in [0.2, 0.25) is 0 Å². The summed E-state index contributed by atoms with van der Waals surface area (Å²) < 4.78 is 10.5. The molecule has 2 aliphatic heterocycles. The van der Waals surface area contributed by atoms with E-state index in [-0.39, 0.29) is 11.9 Å². The van der Waals surface area contributed by atoms with Gasteiger partial charge in [0.05, 0.1) is 12.7 Å². The molecule has 3 heteroatoms. The summed E-state index contributed by atoms with van der Waals surface area (Å²) in [5.74, 6) is -0.793. The SMILES string of the molecule is C[C@]12OCC[C@H](CC1=O)O2. The Kier molecular flexibility index (Phi) is 1.13. The monoisotopic (exact) mass is 142 g/mol. The van der Waals surface area contributed by atoms with Gasteiger partial charge in [-0.25, -0.2) is 0 Å². The topological polar surface area (TPSA) is 35.5 Å². The van der Waals surface area contributed by atoms with E-state index < -0.39 is 5.79 Å². The summed E-state index contributed by atoms with van der Waals surface area (Å²) in [4.78, 5) is 11.1. The fraction of sp³-hybridized carbons (Fsp3) is 0.857. The Morgan fingerprint density at radius 3 is 3.10 bits per heavy atom. The quantitative estimate of drug-likeness (QED) is 0.493. The van der Waals surface area contributed by atoms with Gasteiger partial charge in [-0.2, -0.15) is 0 Å². The van der Waals surface area contributed by atoms with Gasteiger partial charge in [-0.1, -0.05) is 0 Å². The predicted molar refractivity (Wildman–Crippen MR) is 33.5 cm³/mol. The molecular formula is C7H10O3. The summed E-state index contributed by atoms with van der Waals surface area (Å²) >= 11 is 0.